The van der Waals surface area contributed by atoms with Gasteiger partial charge in [-0.05, 0) is 37.5 Å². The Labute approximate surface area is 530 Å². The minimum Gasteiger partial charge on any atom is -0.462 e. The van der Waals surface area contributed by atoms with E-state index >= 15 is 0 Å². The van der Waals surface area contributed by atoms with Gasteiger partial charge in [-0.15, -0.1) is 0 Å². The minimum absolute atomic E-state index is 0.103. The molecule has 0 fully saturated rings. The van der Waals surface area contributed by atoms with Crippen LogP contribution in [0.15, 0.2) is 0 Å². The molecule has 19 heteroatoms. The van der Waals surface area contributed by atoms with Gasteiger partial charge in [-0.1, -0.05) is 292 Å². The van der Waals surface area contributed by atoms with Crippen LogP contribution in [0.1, 0.15) is 343 Å². The molecule has 3 N–H and O–H groups in total. The molecule has 0 radical (unpaired) electrons. The molecular formula is C68H132O17P2. The summed E-state index contributed by atoms with van der Waals surface area (Å²) >= 11 is 0. The van der Waals surface area contributed by atoms with E-state index in [0.29, 0.717) is 31.6 Å². The third-order valence-corrected chi connectivity index (χ3v) is 18.0. The second-order valence-corrected chi connectivity index (χ2v) is 28.2. The molecule has 0 aliphatic rings. The lowest BCUT2D eigenvalue weighted by Crippen LogP contribution is -2.30. The molecule has 516 valence electrons. The van der Waals surface area contributed by atoms with Gasteiger partial charge >= 0.3 is 39.5 Å². The van der Waals surface area contributed by atoms with Gasteiger partial charge in [0.15, 0.2) is 12.2 Å². The van der Waals surface area contributed by atoms with Gasteiger partial charge < -0.3 is 33.8 Å². The third kappa shape index (κ3) is 61.3. The first-order valence-corrected chi connectivity index (χ1v) is 38.5. The van der Waals surface area contributed by atoms with Gasteiger partial charge in [0.2, 0.25) is 0 Å². The van der Waals surface area contributed by atoms with Crippen LogP contribution in [-0.4, -0.2) is 96.7 Å². The lowest BCUT2D eigenvalue weighted by atomic mass is 9.99. The zero-order valence-corrected chi connectivity index (χ0v) is 58.1. The van der Waals surface area contributed by atoms with Crippen molar-refractivity contribution in [1.82, 2.24) is 0 Å². The highest BCUT2D eigenvalue weighted by Crippen LogP contribution is 2.45. The fourth-order valence-corrected chi connectivity index (χ4v) is 11.8. The van der Waals surface area contributed by atoms with Crippen LogP contribution in [0.2, 0.25) is 0 Å². The number of aliphatic hydroxyl groups is 1. The van der Waals surface area contributed by atoms with Crippen LogP contribution in [-0.2, 0) is 65.4 Å². The summed E-state index contributed by atoms with van der Waals surface area (Å²) in [5, 5.41) is 10.6. The first-order valence-electron chi connectivity index (χ1n) is 35.5. The SMILES string of the molecule is CCCCCCCCCCCCCC(=O)OC[C@H](COP(=O)(O)OC[C@@H](O)COP(=O)(O)OC[C@@H](COC(=O)CCCCCCCCCC)OC(=O)CCCCCCCCCC(C)C)OC(=O)CCCCCCCCCCCCCCCCC(C)CC. The van der Waals surface area contributed by atoms with Gasteiger partial charge in [0.05, 0.1) is 26.4 Å². The Morgan fingerprint density at radius 1 is 0.333 bits per heavy atom. The molecule has 0 saturated carbocycles. The molecule has 0 aliphatic heterocycles. The van der Waals surface area contributed by atoms with Crippen molar-refractivity contribution in [3.63, 3.8) is 0 Å². The van der Waals surface area contributed by atoms with Crippen molar-refractivity contribution in [2.75, 3.05) is 39.6 Å². The number of phosphoric ester groups is 2. The number of esters is 4. The summed E-state index contributed by atoms with van der Waals surface area (Å²) in [5.74, 6) is -0.589. The van der Waals surface area contributed by atoms with Crippen LogP contribution in [0.4, 0.5) is 0 Å². The van der Waals surface area contributed by atoms with Gasteiger partial charge in [0.1, 0.15) is 19.3 Å². The van der Waals surface area contributed by atoms with E-state index in [1.165, 1.54) is 154 Å². The van der Waals surface area contributed by atoms with E-state index in [9.17, 15) is 43.2 Å². The monoisotopic (exact) mass is 1280 g/mol. The summed E-state index contributed by atoms with van der Waals surface area (Å²) < 4.78 is 68.1. The minimum atomic E-state index is -4.95. The maximum Gasteiger partial charge on any atom is 0.472 e. The fraction of sp³-hybridized carbons (Fsp3) is 0.941. The Morgan fingerprint density at radius 3 is 0.874 bits per heavy atom. The highest BCUT2D eigenvalue weighted by atomic mass is 31.2. The number of phosphoric acid groups is 2. The fourth-order valence-electron chi connectivity index (χ4n) is 10.2. The Morgan fingerprint density at radius 2 is 0.586 bits per heavy atom. The number of unbranched alkanes of at least 4 members (excludes halogenated alkanes) is 36. The van der Waals surface area contributed by atoms with E-state index in [1.807, 2.05) is 0 Å². The number of rotatable bonds is 67. The lowest BCUT2D eigenvalue weighted by molar-refractivity contribution is -0.161. The number of ether oxygens (including phenoxy) is 4. The molecule has 0 heterocycles. The molecule has 0 spiro atoms. The van der Waals surface area contributed by atoms with E-state index in [4.69, 9.17) is 37.0 Å². The van der Waals surface area contributed by atoms with E-state index < -0.39 is 97.5 Å². The first kappa shape index (κ1) is 85.1. The van der Waals surface area contributed by atoms with E-state index in [2.05, 4.69) is 41.5 Å². The van der Waals surface area contributed by atoms with Crippen molar-refractivity contribution >= 4 is 39.5 Å². The van der Waals surface area contributed by atoms with E-state index in [0.717, 1.165) is 102 Å². The summed E-state index contributed by atoms with van der Waals surface area (Å²) in [4.78, 5) is 72.3. The standard InChI is InChI=1S/C68H132O17P2/c1-7-10-12-14-16-18-23-27-33-39-45-51-66(71)79-57-63(84-67(72)52-46-40-34-28-25-22-20-19-21-24-26-31-37-43-49-61(6)9-3)58-82-86(74,75)80-54-62(69)55-81-87(76,77)83-59-64(56-78-65(70)50-44-38-32-17-15-13-11-8-2)85-68(73)53-47-41-35-29-30-36-42-48-60(4)5/h60-64,69H,7-59H2,1-6H3,(H,74,75)(H,76,77)/t61?,62-,63-,64-/m1/s1. The smallest absolute Gasteiger partial charge is 0.462 e. The second kappa shape index (κ2) is 60.3. The topological polar surface area (TPSA) is 237 Å². The van der Waals surface area contributed by atoms with E-state index in [-0.39, 0.29) is 25.7 Å². The van der Waals surface area contributed by atoms with Crippen molar-refractivity contribution in [3.05, 3.63) is 0 Å². The molecule has 17 nitrogen and oxygen atoms in total. The summed E-state index contributed by atoms with van der Waals surface area (Å²) in [5.41, 5.74) is 0. The van der Waals surface area contributed by atoms with Gasteiger partial charge in [0, 0.05) is 25.7 Å². The molecule has 3 unspecified atom stereocenters. The maximum absolute atomic E-state index is 13.0. The van der Waals surface area contributed by atoms with Crippen molar-refractivity contribution in [3.8, 4) is 0 Å². The summed E-state index contributed by atoms with van der Waals surface area (Å²) in [6.07, 6.45) is 44.5. The Hall–Kier alpha value is -1.94. The number of hydrogen-bond acceptors (Lipinski definition) is 15. The van der Waals surface area contributed by atoms with Crippen molar-refractivity contribution in [2.24, 2.45) is 11.8 Å². The van der Waals surface area contributed by atoms with Crippen LogP contribution in [0.5, 0.6) is 0 Å². The average Bonchev–Trinajstić information content (AvgIpc) is 3.71. The largest absolute Gasteiger partial charge is 0.472 e. The number of carbonyl (C=O) groups excluding carboxylic acids is 4. The lowest BCUT2D eigenvalue weighted by Gasteiger charge is -2.21. The highest BCUT2D eigenvalue weighted by Gasteiger charge is 2.30. The Bertz CT molecular complexity index is 1700. The van der Waals surface area contributed by atoms with Crippen LogP contribution < -0.4 is 0 Å². The second-order valence-electron chi connectivity index (χ2n) is 25.3. The molecule has 0 aromatic rings. The molecule has 87 heavy (non-hydrogen) atoms. The molecule has 6 atom stereocenters. The predicted octanol–water partition coefficient (Wildman–Crippen LogP) is 19.2. The molecule has 0 aromatic carbocycles. The summed E-state index contributed by atoms with van der Waals surface area (Å²) in [6, 6.07) is 0. The highest BCUT2D eigenvalue weighted by molar-refractivity contribution is 7.47. The molecule has 0 aromatic heterocycles. The van der Waals surface area contributed by atoms with Gasteiger partial charge in [0.25, 0.3) is 0 Å². The van der Waals surface area contributed by atoms with Gasteiger partial charge in [-0.25, -0.2) is 9.13 Å². The average molecular weight is 1280 g/mol. The van der Waals surface area contributed by atoms with Crippen LogP contribution in [0, 0.1) is 11.8 Å². The Kier molecular flexibility index (Phi) is 59.0. The van der Waals surface area contributed by atoms with Gasteiger partial charge in [-0.3, -0.25) is 37.3 Å². The number of carbonyl (C=O) groups is 4. The zero-order chi connectivity index (χ0) is 64.3. The zero-order valence-electron chi connectivity index (χ0n) is 56.3. The van der Waals surface area contributed by atoms with Crippen LogP contribution in [0.3, 0.4) is 0 Å². The number of aliphatic hydroxyl groups excluding tert-OH is 1. The number of hydrogen-bond donors (Lipinski definition) is 3. The molecule has 0 aliphatic carbocycles. The normalized spacial score (nSPS) is 14.5. The van der Waals surface area contributed by atoms with E-state index in [1.54, 1.807) is 0 Å². The Balaban J connectivity index is 5.19. The molecule has 0 saturated heterocycles. The molecule has 0 bridgehead atoms. The quantitative estimate of drug-likeness (QED) is 0.0222. The molecular weight excluding hydrogens is 1150 g/mol. The molecule has 0 amide bonds. The van der Waals surface area contributed by atoms with Crippen LogP contribution in [0.25, 0.3) is 0 Å². The summed E-state index contributed by atoms with van der Waals surface area (Å²) in [7, 11) is -9.89. The maximum atomic E-state index is 13.0. The summed E-state index contributed by atoms with van der Waals surface area (Å²) in [6.45, 7) is 9.49. The van der Waals surface area contributed by atoms with Crippen molar-refractivity contribution in [1.29, 1.82) is 0 Å². The van der Waals surface area contributed by atoms with Gasteiger partial charge in [-0.2, -0.15) is 0 Å². The molecule has 0 rings (SSSR count). The predicted molar refractivity (Wildman–Crippen MR) is 349 cm³/mol. The van der Waals surface area contributed by atoms with Crippen LogP contribution >= 0.6 is 15.6 Å². The van der Waals surface area contributed by atoms with Crippen molar-refractivity contribution < 1.29 is 80.2 Å². The van der Waals surface area contributed by atoms with Crippen molar-refractivity contribution in [2.45, 2.75) is 362 Å². The first-order chi connectivity index (χ1) is 41.9. The third-order valence-electron chi connectivity index (χ3n) is 16.1.